The number of fused-ring (bicyclic) bond motifs is 3. The second kappa shape index (κ2) is 6.98. The number of aromatic amines is 1. The first kappa shape index (κ1) is 19.6. The van der Waals surface area contributed by atoms with Crippen molar-refractivity contribution in [2.45, 2.75) is 33.7 Å². The van der Waals surface area contributed by atoms with Crippen LogP contribution >= 0.6 is 0 Å². The topological polar surface area (TPSA) is 136 Å². The average molecular weight is 403 g/mol. The van der Waals surface area contributed by atoms with Crippen molar-refractivity contribution in [3.8, 4) is 11.3 Å². The number of hydrogen-bond acceptors (Lipinski definition) is 6. The summed E-state index contributed by atoms with van der Waals surface area (Å²) in [4.78, 5) is 19.9. The number of nitrogens with two attached hydrogens (primary N) is 2. The molecule has 154 valence electrons. The number of carbonyl (C=O) groups is 1. The highest BCUT2D eigenvalue weighted by Crippen LogP contribution is 2.35. The summed E-state index contributed by atoms with van der Waals surface area (Å²) >= 11 is 0. The summed E-state index contributed by atoms with van der Waals surface area (Å²) < 4.78 is 0. The number of anilines is 2. The zero-order valence-electron chi connectivity index (χ0n) is 17.4. The second-order valence-electron chi connectivity index (χ2n) is 8.60. The fourth-order valence-corrected chi connectivity index (χ4v) is 3.28. The van der Waals surface area contributed by atoms with Gasteiger partial charge in [-0.15, -0.1) is 10.2 Å². The summed E-state index contributed by atoms with van der Waals surface area (Å²) in [6, 6.07) is 9.60. The first-order chi connectivity index (χ1) is 14.1. The predicted octanol–water partition coefficient (Wildman–Crippen LogP) is 3.70. The lowest BCUT2D eigenvalue weighted by molar-refractivity contribution is 0.100. The number of nitrogens with one attached hydrogen (secondary N) is 2. The van der Waals surface area contributed by atoms with E-state index in [0.717, 1.165) is 21.9 Å². The van der Waals surface area contributed by atoms with E-state index < -0.39 is 5.91 Å². The molecule has 4 rings (SSSR count). The molecule has 30 heavy (non-hydrogen) atoms. The molecule has 0 radical (unpaired) electrons. The van der Waals surface area contributed by atoms with Crippen LogP contribution in [0.3, 0.4) is 0 Å². The number of H-pyrrole nitrogens is 1. The Morgan fingerprint density at radius 3 is 2.57 bits per heavy atom. The summed E-state index contributed by atoms with van der Waals surface area (Å²) in [6.07, 6.45) is 1.52. The number of rotatable bonds is 4. The Bertz CT molecular complexity index is 1250. The molecule has 8 heteroatoms. The third-order valence-corrected chi connectivity index (χ3v) is 5.53. The van der Waals surface area contributed by atoms with Gasteiger partial charge in [0.15, 0.2) is 0 Å². The molecule has 4 aromatic rings. The van der Waals surface area contributed by atoms with Gasteiger partial charge < -0.3 is 21.8 Å². The number of carbonyl (C=O) groups excluding carboxylic acids is 1. The van der Waals surface area contributed by atoms with Gasteiger partial charge in [0.25, 0.3) is 5.91 Å². The number of nitrogen functional groups attached to an aromatic ring is 1. The van der Waals surface area contributed by atoms with Crippen LogP contribution in [0.25, 0.3) is 33.1 Å². The van der Waals surface area contributed by atoms with Gasteiger partial charge in [-0.05, 0) is 30.5 Å². The summed E-state index contributed by atoms with van der Waals surface area (Å²) in [6.45, 7) is 8.60. The zero-order valence-corrected chi connectivity index (χ0v) is 17.4. The van der Waals surface area contributed by atoms with Gasteiger partial charge in [0.05, 0.1) is 22.2 Å². The van der Waals surface area contributed by atoms with Crippen LogP contribution < -0.4 is 16.8 Å². The lowest BCUT2D eigenvalue weighted by Gasteiger charge is -2.28. The van der Waals surface area contributed by atoms with E-state index in [-0.39, 0.29) is 11.5 Å². The third-order valence-electron chi connectivity index (χ3n) is 5.53. The molecule has 0 aliphatic carbocycles. The third kappa shape index (κ3) is 3.41. The Kier molecular flexibility index (Phi) is 4.57. The SMILES string of the molecule is C[C@H](Nc1ncc(C(N)=O)c2[nH]c3cc(-c4ccc(N)nn4)ccc3c12)C(C)(C)C. The minimum absolute atomic E-state index is 0.0312. The fourth-order valence-electron chi connectivity index (χ4n) is 3.28. The van der Waals surface area contributed by atoms with Gasteiger partial charge in [0, 0.05) is 28.7 Å². The Hall–Kier alpha value is -3.68. The van der Waals surface area contributed by atoms with Gasteiger partial charge in [0.1, 0.15) is 11.6 Å². The highest BCUT2D eigenvalue weighted by molar-refractivity contribution is 6.18. The number of nitrogens with zero attached hydrogens (tertiary/aromatic N) is 3. The highest BCUT2D eigenvalue weighted by atomic mass is 16.1. The number of benzene rings is 1. The molecule has 1 atom stereocenters. The van der Waals surface area contributed by atoms with Gasteiger partial charge in [-0.1, -0.05) is 32.9 Å². The molecule has 0 saturated carbocycles. The van der Waals surface area contributed by atoms with Crippen LogP contribution in [-0.2, 0) is 0 Å². The molecular formula is C22H25N7O. The maximum atomic E-state index is 12.0. The Labute approximate surface area is 174 Å². The maximum Gasteiger partial charge on any atom is 0.252 e. The van der Waals surface area contributed by atoms with Crippen LogP contribution in [0.1, 0.15) is 38.1 Å². The number of aromatic nitrogens is 4. The molecule has 0 saturated heterocycles. The van der Waals surface area contributed by atoms with Crippen molar-refractivity contribution >= 4 is 39.3 Å². The van der Waals surface area contributed by atoms with Crippen molar-refractivity contribution in [1.82, 2.24) is 20.2 Å². The predicted molar refractivity (Wildman–Crippen MR) is 120 cm³/mol. The van der Waals surface area contributed by atoms with E-state index in [9.17, 15) is 4.79 Å². The highest BCUT2D eigenvalue weighted by Gasteiger charge is 2.23. The molecule has 1 amide bonds. The smallest absolute Gasteiger partial charge is 0.252 e. The molecule has 0 bridgehead atoms. The van der Waals surface area contributed by atoms with Gasteiger partial charge in [-0.3, -0.25) is 4.79 Å². The first-order valence-corrected chi connectivity index (χ1v) is 9.75. The largest absolute Gasteiger partial charge is 0.382 e. The van der Waals surface area contributed by atoms with Crippen LogP contribution in [0.2, 0.25) is 0 Å². The molecule has 3 heterocycles. The average Bonchev–Trinajstić information content (AvgIpc) is 3.06. The number of primary amides is 1. The zero-order chi connectivity index (χ0) is 21.6. The van der Waals surface area contributed by atoms with Gasteiger partial charge in [-0.2, -0.15) is 0 Å². The van der Waals surface area contributed by atoms with E-state index in [1.807, 2.05) is 24.3 Å². The molecular weight excluding hydrogens is 378 g/mol. The van der Waals surface area contributed by atoms with E-state index >= 15 is 0 Å². The number of amides is 1. The van der Waals surface area contributed by atoms with Crippen molar-refractivity contribution in [2.24, 2.45) is 11.1 Å². The minimum Gasteiger partial charge on any atom is -0.382 e. The molecule has 1 aromatic carbocycles. The van der Waals surface area contributed by atoms with E-state index in [2.05, 4.69) is 53.2 Å². The van der Waals surface area contributed by atoms with Crippen molar-refractivity contribution in [1.29, 1.82) is 0 Å². The van der Waals surface area contributed by atoms with Crippen LogP contribution in [0.5, 0.6) is 0 Å². The van der Waals surface area contributed by atoms with E-state index in [4.69, 9.17) is 11.5 Å². The monoisotopic (exact) mass is 403 g/mol. The molecule has 0 aliphatic rings. The lowest BCUT2D eigenvalue weighted by atomic mass is 9.88. The van der Waals surface area contributed by atoms with Crippen LogP contribution in [0, 0.1) is 5.41 Å². The van der Waals surface area contributed by atoms with Crippen molar-refractivity contribution in [3.63, 3.8) is 0 Å². The number of hydrogen-bond donors (Lipinski definition) is 4. The molecule has 8 nitrogen and oxygen atoms in total. The van der Waals surface area contributed by atoms with Gasteiger partial charge in [0.2, 0.25) is 0 Å². The van der Waals surface area contributed by atoms with Crippen molar-refractivity contribution < 1.29 is 4.79 Å². The Morgan fingerprint density at radius 1 is 1.17 bits per heavy atom. The molecule has 0 aliphatic heterocycles. The molecule has 6 N–H and O–H groups in total. The van der Waals surface area contributed by atoms with Crippen LogP contribution in [0.15, 0.2) is 36.5 Å². The maximum absolute atomic E-state index is 12.0. The molecule has 3 aromatic heterocycles. The summed E-state index contributed by atoms with van der Waals surface area (Å²) in [7, 11) is 0. The lowest BCUT2D eigenvalue weighted by Crippen LogP contribution is -2.31. The second-order valence-corrected chi connectivity index (χ2v) is 8.60. The van der Waals surface area contributed by atoms with E-state index in [0.29, 0.717) is 28.4 Å². The molecule has 0 unspecified atom stereocenters. The van der Waals surface area contributed by atoms with Crippen molar-refractivity contribution in [3.05, 3.63) is 42.1 Å². The molecule has 0 fully saturated rings. The Morgan fingerprint density at radius 2 is 1.93 bits per heavy atom. The summed E-state index contributed by atoms with van der Waals surface area (Å²) in [5.74, 6) is 0.550. The quantitative estimate of drug-likeness (QED) is 0.410. The van der Waals surface area contributed by atoms with E-state index in [1.54, 1.807) is 6.07 Å². The van der Waals surface area contributed by atoms with Gasteiger partial charge in [-0.25, -0.2) is 4.98 Å². The Balaban J connectivity index is 1.92. The summed E-state index contributed by atoms with van der Waals surface area (Å²) in [5.41, 5.74) is 14.7. The van der Waals surface area contributed by atoms with E-state index in [1.165, 1.54) is 6.20 Å². The van der Waals surface area contributed by atoms with Crippen LogP contribution in [0.4, 0.5) is 11.6 Å². The van der Waals surface area contributed by atoms with Gasteiger partial charge >= 0.3 is 0 Å². The minimum atomic E-state index is -0.529. The van der Waals surface area contributed by atoms with Crippen LogP contribution in [-0.4, -0.2) is 32.1 Å². The summed E-state index contributed by atoms with van der Waals surface area (Å²) in [5, 5.41) is 13.4. The first-order valence-electron chi connectivity index (χ1n) is 9.75. The number of pyridine rings is 1. The normalized spacial score (nSPS) is 12.9. The standard InChI is InChI=1S/C22H25N7O/c1-11(22(2,3)4)26-21-18-13-6-5-12(15-7-8-17(23)29-28-15)9-16(13)27-19(18)14(10-25-21)20(24)30/h5-11,27H,1-4H3,(H2,23,29)(H2,24,30)(H,25,26)/t11-/m0/s1. The molecule has 0 spiro atoms. The fraction of sp³-hybridized carbons (Fsp3) is 0.273. The van der Waals surface area contributed by atoms with Crippen molar-refractivity contribution in [2.75, 3.05) is 11.1 Å².